The molecule has 0 bridgehead atoms. The third kappa shape index (κ3) is 4.04. The Balaban J connectivity index is 1.57. The number of rotatable bonds is 5. The Labute approximate surface area is 140 Å². The number of hydrogen-bond acceptors (Lipinski definition) is 5. The van der Waals surface area contributed by atoms with E-state index in [1.165, 1.54) is 5.56 Å². The summed E-state index contributed by atoms with van der Waals surface area (Å²) in [6, 6.07) is 11.5. The van der Waals surface area contributed by atoms with Gasteiger partial charge in [0.05, 0.1) is 0 Å². The lowest BCUT2D eigenvalue weighted by molar-refractivity contribution is -0.116. The van der Waals surface area contributed by atoms with Crippen LogP contribution in [-0.2, 0) is 11.2 Å². The number of carbonyl (C=O) groups excluding carboxylic acids is 1. The van der Waals surface area contributed by atoms with Crippen LogP contribution in [-0.4, -0.2) is 21.1 Å². The van der Waals surface area contributed by atoms with Gasteiger partial charge in [0.15, 0.2) is 0 Å². The molecule has 0 aliphatic carbocycles. The second-order valence-corrected chi connectivity index (χ2v) is 5.63. The summed E-state index contributed by atoms with van der Waals surface area (Å²) >= 11 is 0. The van der Waals surface area contributed by atoms with Crippen molar-refractivity contribution in [1.29, 1.82) is 0 Å². The molecule has 0 aliphatic heterocycles. The molecule has 1 N–H and O–H groups in total. The first-order chi connectivity index (χ1) is 11.6. The molecular weight excluding hydrogens is 304 g/mol. The number of amides is 1. The third-order valence-corrected chi connectivity index (χ3v) is 3.51. The molecule has 0 aliphatic rings. The summed E-state index contributed by atoms with van der Waals surface area (Å²) in [4.78, 5) is 16.1. The Hall–Kier alpha value is -3.02. The molecule has 0 saturated carbocycles. The van der Waals surface area contributed by atoms with Gasteiger partial charge in [-0.25, -0.2) is 4.98 Å². The number of nitrogens with one attached hydrogen (secondary N) is 1. The zero-order chi connectivity index (χ0) is 16.9. The second-order valence-electron chi connectivity index (χ2n) is 5.63. The van der Waals surface area contributed by atoms with Crippen molar-refractivity contribution >= 4 is 11.7 Å². The average Bonchev–Trinajstić information content (AvgIpc) is 3.03. The van der Waals surface area contributed by atoms with Gasteiger partial charge in [-0.15, -0.1) is 10.2 Å². The molecule has 3 rings (SSSR count). The summed E-state index contributed by atoms with van der Waals surface area (Å²) in [7, 11) is 0. The van der Waals surface area contributed by atoms with Crippen molar-refractivity contribution in [3.8, 4) is 11.5 Å². The smallest absolute Gasteiger partial charge is 0.247 e. The van der Waals surface area contributed by atoms with E-state index in [0.717, 1.165) is 11.1 Å². The van der Waals surface area contributed by atoms with Crippen molar-refractivity contribution in [2.45, 2.75) is 26.7 Å². The van der Waals surface area contributed by atoms with Crippen LogP contribution in [0.4, 0.5) is 5.82 Å². The number of aromatic nitrogens is 3. The number of aryl methyl sites for hydroxylation is 3. The van der Waals surface area contributed by atoms with Gasteiger partial charge in [-0.2, -0.15) is 0 Å². The predicted octanol–water partition coefficient (Wildman–Crippen LogP) is 3.32. The maximum absolute atomic E-state index is 12.0. The molecule has 0 fully saturated rings. The monoisotopic (exact) mass is 322 g/mol. The fraction of sp³-hybridized carbons (Fsp3) is 0.222. The molecule has 1 aromatic carbocycles. The maximum atomic E-state index is 12.0. The molecule has 2 aromatic heterocycles. The largest absolute Gasteiger partial charge is 0.421 e. The minimum Gasteiger partial charge on any atom is -0.421 e. The van der Waals surface area contributed by atoms with Gasteiger partial charge >= 0.3 is 0 Å². The summed E-state index contributed by atoms with van der Waals surface area (Å²) in [6.07, 6.45) is 2.30. The number of anilines is 1. The fourth-order valence-electron chi connectivity index (χ4n) is 2.20. The van der Waals surface area contributed by atoms with Gasteiger partial charge < -0.3 is 9.73 Å². The number of benzene rings is 1. The summed E-state index contributed by atoms with van der Waals surface area (Å²) in [5.41, 5.74) is 3.08. The first kappa shape index (κ1) is 15.9. The Bertz CT molecular complexity index is 840. The topological polar surface area (TPSA) is 80.9 Å². The molecule has 0 atom stereocenters. The average molecular weight is 322 g/mol. The molecule has 24 heavy (non-hydrogen) atoms. The Kier molecular flexibility index (Phi) is 4.65. The maximum Gasteiger partial charge on any atom is 0.247 e. The first-order valence-electron chi connectivity index (χ1n) is 7.72. The molecule has 3 aromatic rings. The molecule has 0 saturated heterocycles. The van der Waals surface area contributed by atoms with Crippen molar-refractivity contribution < 1.29 is 9.21 Å². The summed E-state index contributed by atoms with van der Waals surface area (Å²) < 4.78 is 5.61. The minimum absolute atomic E-state index is 0.136. The highest BCUT2D eigenvalue weighted by Gasteiger charge is 2.11. The van der Waals surface area contributed by atoms with E-state index < -0.39 is 0 Å². The van der Waals surface area contributed by atoms with E-state index in [1.807, 2.05) is 50.2 Å². The van der Waals surface area contributed by atoms with Gasteiger partial charge in [-0.3, -0.25) is 4.79 Å². The van der Waals surface area contributed by atoms with Crippen molar-refractivity contribution in [3.05, 3.63) is 59.6 Å². The van der Waals surface area contributed by atoms with Crippen molar-refractivity contribution in [2.75, 3.05) is 5.32 Å². The van der Waals surface area contributed by atoms with Gasteiger partial charge in [0.25, 0.3) is 0 Å². The van der Waals surface area contributed by atoms with E-state index in [2.05, 4.69) is 20.5 Å². The molecule has 6 nitrogen and oxygen atoms in total. The van der Waals surface area contributed by atoms with Gasteiger partial charge in [-0.05, 0) is 43.7 Å². The van der Waals surface area contributed by atoms with Gasteiger partial charge in [-0.1, -0.05) is 17.7 Å². The molecule has 0 spiro atoms. The van der Waals surface area contributed by atoms with Crippen LogP contribution in [0.2, 0.25) is 0 Å². The standard InChI is InChI=1S/C18H18N4O2/c1-12-3-5-14(6-4-12)18-22-21-17(24-18)8-7-16(23)20-15-11-13(2)9-10-19-15/h3-6,9-11H,7-8H2,1-2H3,(H,19,20,23). The van der Waals surface area contributed by atoms with E-state index in [4.69, 9.17) is 4.42 Å². The number of carbonyl (C=O) groups is 1. The van der Waals surface area contributed by atoms with Gasteiger partial charge in [0.2, 0.25) is 17.7 Å². The van der Waals surface area contributed by atoms with Crippen LogP contribution in [0.5, 0.6) is 0 Å². The first-order valence-corrected chi connectivity index (χ1v) is 7.72. The molecule has 2 heterocycles. The molecule has 1 amide bonds. The molecule has 0 unspecified atom stereocenters. The summed E-state index contributed by atoms with van der Waals surface area (Å²) in [5, 5.41) is 10.8. The lowest BCUT2D eigenvalue weighted by Gasteiger charge is -2.03. The second kappa shape index (κ2) is 7.04. The van der Waals surface area contributed by atoms with E-state index >= 15 is 0 Å². The fourth-order valence-corrected chi connectivity index (χ4v) is 2.20. The van der Waals surface area contributed by atoms with E-state index in [-0.39, 0.29) is 12.3 Å². The third-order valence-electron chi connectivity index (χ3n) is 3.51. The summed E-state index contributed by atoms with van der Waals surface area (Å²) in [6.45, 7) is 3.97. The highest BCUT2D eigenvalue weighted by atomic mass is 16.4. The lowest BCUT2D eigenvalue weighted by Crippen LogP contribution is -2.13. The number of hydrogen-bond donors (Lipinski definition) is 1. The Morgan fingerprint density at radius 2 is 1.88 bits per heavy atom. The van der Waals surface area contributed by atoms with Crippen LogP contribution >= 0.6 is 0 Å². The highest BCUT2D eigenvalue weighted by molar-refractivity contribution is 5.89. The molecular formula is C18H18N4O2. The Morgan fingerprint density at radius 3 is 2.62 bits per heavy atom. The quantitative estimate of drug-likeness (QED) is 0.779. The Morgan fingerprint density at radius 1 is 1.08 bits per heavy atom. The van der Waals surface area contributed by atoms with Gasteiger partial charge in [0, 0.05) is 24.6 Å². The van der Waals surface area contributed by atoms with Crippen molar-refractivity contribution in [1.82, 2.24) is 15.2 Å². The van der Waals surface area contributed by atoms with Crippen LogP contribution in [0.25, 0.3) is 11.5 Å². The van der Waals surface area contributed by atoms with Gasteiger partial charge in [0.1, 0.15) is 5.82 Å². The lowest BCUT2D eigenvalue weighted by atomic mass is 10.1. The van der Waals surface area contributed by atoms with E-state index in [9.17, 15) is 4.79 Å². The zero-order valence-corrected chi connectivity index (χ0v) is 13.6. The molecule has 122 valence electrons. The number of nitrogens with zero attached hydrogens (tertiary/aromatic N) is 3. The predicted molar refractivity (Wildman–Crippen MR) is 90.4 cm³/mol. The van der Waals surface area contributed by atoms with E-state index in [0.29, 0.717) is 24.0 Å². The van der Waals surface area contributed by atoms with Crippen LogP contribution in [0, 0.1) is 13.8 Å². The molecule has 0 radical (unpaired) electrons. The van der Waals surface area contributed by atoms with Crippen LogP contribution < -0.4 is 5.32 Å². The van der Waals surface area contributed by atoms with Crippen LogP contribution in [0.15, 0.2) is 47.0 Å². The van der Waals surface area contributed by atoms with Crippen LogP contribution in [0.3, 0.4) is 0 Å². The highest BCUT2D eigenvalue weighted by Crippen LogP contribution is 2.18. The van der Waals surface area contributed by atoms with E-state index in [1.54, 1.807) is 6.20 Å². The number of pyridine rings is 1. The van der Waals surface area contributed by atoms with Crippen LogP contribution in [0.1, 0.15) is 23.4 Å². The SMILES string of the molecule is Cc1ccc(-c2nnc(CCC(=O)Nc3cc(C)ccn3)o2)cc1. The van der Waals surface area contributed by atoms with Crippen molar-refractivity contribution in [3.63, 3.8) is 0 Å². The molecule has 6 heteroatoms. The normalized spacial score (nSPS) is 10.6. The van der Waals surface area contributed by atoms with Crippen molar-refractivity contribution in [2.24, 2.45) is 0 Å². The zero-order valence-electron chi connectivity index (χ0n) is 13.6. The minimum atomic E-state index is -0.136. The summed E-state index contributed by atoms with van der Waals surface area (Å²) in [5.74, 6) is 1.32.